The molecular weight excluding hydrogens is 691 g/mol. The third-order valence-corrected chi connectivity index (χ3v) is 12.3. The van der Waals surface area contributed by atoms with Gasteiger partial charge >= 0.3 is 0 Å². The smallest absolute Gasteiger partial charge is 0.140 e. The molecule has 0 saturated carbocycles. The minimum atomic E-state index is -0.570. The number of fused-ring (bicyclic) bond motifs is 14. The summed E-state index contributed by atoms with van der Waals surface area (Å²) < 4.78 is 7.15. The number of rotatable bonds is 4. The number of ether oxygens (including phenoxy) is 1. The maximum absolute atomic E-state index is 7.15. The predicted molar refractivity (Wildman–Crippen MR) is 236 cm³/mol. The van der Waals surface area contributed by atoms with E-state index in [9.17, 15) is 0 Å². The molecule has 1 aliphatic heterocycles. The maximum Gasteiger partial charge on any atom is 0.140 e. The largest absolute Gasteiger partial charge is 0.455 e. The highest BCUT2D eigenvalue weighted by atomic mass is 16.5. The highest BCUT2D eigenvalue weighted by Gasteiger charge is 2.51. The Bertz CT molecular complexity index is 3100. The summed E-state index contributed by atoms with van der Waals surface area (Å²) in [5.74, 6) is 1.87. The minimum Gasteiger partial charge on any atom is -0.455 e. The summed E-state index contributed by atoms with van der Waals surface area (Å²) in [6.07, 6.45) is 0. The fourth-order valence-electron chi connectivity index (χ4n) is 9.89. The van der Waals surface area contributed by atoms with Crippen LogP contribution in [-0.2, 0) is 5.41 Å². The number of para-hydroxylation sites is 2. The van der Waals surface area contributed by atoms with Crippen LogP contribution >= 0.6 is 0 Å². The predicted octanol–water partition coefficient (Wildman–Crippen LogP) is 14.8. The highest BCUT2D eigenvalue weighted by Crippen LogP contribution is 2.64. The third kappa shape index (κ3) is 4.53. The van der Waals surface area contributed by atoms with Crippen LogP contribution < -0.4 is 9.64 Å². The van der Waals surface area contributed by atoms with E-state index < -0.39 is 5.41 Å². The standard InChI is InChI=1S/C55H35NO/c1-3-17-39(18-4-1)56(40-19-5-2-6-20-40)52-34-30-41(44-23-11-12-25-46(44)52)38-29-31-49-47(35-38)45-24-13-14-26-48(45)55(49)50-32-27-36-15-7-9-21-42(36)53(50)57-54-43-22-10-8-16-37(43)28-33-51(54)55/h1-35H. The van der Waals surface area contributed by atoms with Crippen LogP contribution in [0.3, 0.4) is 0 Å². The van der Waals surface area contributed by atoms with Crippen molar-refractivity contribution in [1.82, 2.24) is 0 Å². The van der Waals surface area contributed by atoms with E-state index in [-0.39, 0.29) is 0 Å². The molecule has 57 heavy (non-hydrogen) atoms. The van der Waals surface area contributed by atoms with Crippen LogP contribution in [0.1, 0.15) is 22.3 Å². The van der Waals surface area contributed by atoms with Gasteiger partial charge in [0.05, 0.1) is 11.1 Å². The van der Waals surface area contributed by atoms with Crippen molar-refractivity contribution in [3.63, 3.8) is 0 Å². The van der Waals surface area contributed by atoms with Crippen molar-refractivity contribution < 1.29 is 4.74 Å². The van der Waals surface area contributed by atoms with Gasteiger partial charge in [-0.2, -0.15) is 0 Å². The lowest BCUT2D eigenvalue weighted by Crippen LogP contribution is -2.32. The molecule has 0 amide bonds. The molecule has 0 radical (unpaired) electrons. The molecule has 1 heterocycles. The van der Waals surface area contributed by atoms with Gasteiger partial charge in [-0.1, -0.05) is 176 Å². The zero-order valence-corrected chi connectivity index (χ0v) is 31.1. The molecule has 0 bridgehead atoms. The normalized spacial score (nSPS) is 13.2. The van der Waals surface area contributed by atoms with E-state index in [0.29, 0.717) is 0 Å². The zero-order valence-electron chi connectivity index (χ0n) is 31.1. The van der Waals surface area contributed by atoms with E-state index in [1.807, 2.05) is 0 Å². The fourth-order valence-corrected chi connectivity index (χ4v) is 9.89. The molecule has 1 spiro atoms. The molecule has 0 aromatic heterocycles. The molecule has 2 heteroatoms. The summed E-state index contributed by atoms with van der Waals surface area (Å²) in [6.45, 7) is 0. The quantitative estimate of drug-likeness (QED) is 0.179. The summed E-state index contributed by atoms with van der Waals surface area (Å²) in [5.41, 5.74) is 12.7. The average Bonchev–Trinajstić information content (AvgIpc) is 3.57. The molecule has 0 saturated heterocycles. The molecule has 2 aliphatic rings. The molecule has 10 aromatic rings. The van der Waals surface area contributed by atoms with Crippen LogP contribution in [0.4, 0.5) is 17.1 Å². The Morgan fingerprint density at radius 2 is 0.842 bits per heavy atom. The number of hydrogen-bond donors (Lipinski definition) is 0. The third-order valence-electron chi connectivity index (χ3n) is 12.3. The Labute approximate surface area is 331 Å². The van der Waals surface area contributed by atoms with E-state index in [1.165, 1.54) is 66.1 Å². The molecule has 0 atom stereocenters. The van der Waals surface area contributed by atoms with Crippen LogP contribution in [0.5, 0.6) is 11.5 Å². The van der Waals surface area contributed by atoms with E-state index in [4.69, 9.17) is 4.74 Å². The van der Waals surface area contributed by atoms with Crippen molar-refractivity contribution in [1.29, 1.82) is 0 Å². The minimum absolute atomic E-state index is 0.570. The van der Waals surface area contributed by atoms with Gasteiger partial charge in [-0.3, -0.25) is 0 Å². The molecule has 2 nitrogen and oxygen atoms in total. The van der Waals surface area contributed by atoms with Gasteiger partial charge in [0.1, 0.15) is 11.5 Å². The average molecular weight is 726 g/mol. The molecular formula is C55H35NO. The summed E-state index contributed by atoms with van der Waals surface area (Å²) in [4.78, 5) is 2.36. The SMILES string of the molecule is c1ccc(N(c2ccccc2)c2ccc(-c3ccc4c(c3)-c3ccccc3C43c4ccc5ccccc5c4Oc4c3ccc3ccccc43)c3ccccc23)cc1. The molecule has 12 rings (SSSR count). The van der Waals surface area contributed by atoms with Crippen LogP contribution in [0.25, 0.3) is 54.6 Å². The van der Waals surface area contributed by atoms with Gasteiger partial charge in [0.15, 0.2) is 0 Å². The Hall–Kier alpha value is -7.42. The first kappa shape index (κ1) is 31.9. The van der Waals surface area contributed by atoms with Gasteiger partial charge in [0.25, 0.3) is 0 Å². The molecule has 0 fully saturated rings. The van der Waals surface area contributed by atoms with E-state index in [2.05, 4.69) is 217 Å². The van der Waals surface area contributed by atoms with Crippen molar-refractivity contribution in [2.75, 3.05) is 4.90 Å². The Morgan fingerprint density at radius 1 is 0.333 bits per heavy atom. The molecule has 0 N–H and O–H groups in total. The van der Waals surface area contributed by atoms with E-state index >= 15 is 0 Å². The number of anilines is 3. The lowest BCUT2D eigenvalue weighted by molar-refractivity contribution is 0.447. The van der Waals surface area contributed by atoms with Crippen molar-refractivity contribution in [2.45, 2.75) is 5.41 Å². The summed E-state index contributed by atoms with van der Waals surface area (Å²) in [5, 5.41) is 7.01. The van der Waals surface area contributed by atoms with Gasteiger partial charge in [0.2, 0.25) is 0 Å². The molecule has 266 valence electrons. The second-order valence-corrected chi connectivity index (χ2v) is 15.2. The van der Waals surface area contributed by atoms with Crippen LogP contribution in [0, 0.1) is 0 Å². The van der Waals surface area contributed by atoms with Gasteiger partial charge in [-0.25, -0.2) is 0 Å². The summed E-state index contributed by atoms with van der Waals surface area (Å²) >= 11 is 0. The Morgan fingerprint density at radius 3 is 1.49 bits per heavy atom. The lowest BCUT2D eigenvalue weighted by Gasteiger charge is -2.40. The van der Waals surface area contributed by atoms with Crippen molar-refractivity contribution in [3.05, 3.63) is 235 Å². The van der Waals surface area contributed by atoms with E-state index in [0.717, 1.165) is 39.3 Å². The van der Waals surface area contributed by atoms with Gasteiger partial charge < -0.3 is 9.64 Å². The zero-order chi connectivity index (χ0) is 37.5. The Kier molecular flexibility index (Phi) is 6.88. The van der Waals surface area contributed by atoms with Crippen LogP contribution in [-0.4, -0.2) is 0 Å². The van der Waals surface area contributed by atoms with Gasteiger partial charge in [-0.15, -0.1) is 0 Å². The number of nitrogens with zero attached hydrogens (tertiary/aromatic N) is 1. The lowest BCUT2D eigenvalue weighted by atomic mass is 9.65. The first-order valence-corrected chi connectivity index (χ1v) is 19.7. The second-order valence-electron chi connectivity index (χ2n) is 15.2. The summed E-state index contributed by atoms with van der Waals surface area (Å²) in [6, 6.07) is 77.3. The second kappa shape index (κ2) is 12.3. The van der Waals surface area contributed by atoms with Crippen molar-refractivity contribution in [3.8, 4) is 33.8 Å². The highest BCUT2D eigenvalue weighted by molar-refractivity contribution is 6.07. The topological polar surface area (TPSA) is 12.5 Å². The van der Waals surface area contributed by atoms with Gasteiger partial charge in [-0.05, 0) is 85.9 Å². The van der Waals surface area contributed by atoms with Gasteiger partial charge in [0, 0.05) is 38.7 Å². The molecule has 10 aromatic carbocycles. The first-order chi connectivity index (χ1) is 28.3. The number of benzene rings is 10. The van der Waals surface area contributed by atoms with Crippen molar-refractivity contribution >= 4 is 49.4 Å². The monoisotopic (exact) mass is 725 g/mol. The van der Waals surface area contributed by atoms with Crippen molar-refractivity contribution in [2.24, 2.45) is 0 Å². The molecule has 1 aliphatic carbocycles. The summed E-state index contributed by atoms with van der Waals surface area (Å²) in [7, 11) is 0. The maximum atomic E-state index is 7.15. The van der Waals surface area contributed by atoms with Crippen LogP contribution in [0.15, 0.2) is 212 Å². The van der Waals surface area contributed by atoms with Crippen LogP contribution in [0.2, 0.25) is 0 Å². The molecule has 0 unspecified atom stereocenters. The Balaban J connectivity index is 1.11. The first-order valence-electron chi connectivity index (χ1n) is 19.7. The number of hydrogen-bond acceptors (Lipinski definition) is 2. The van der Waals surface area contributed by atoms with E-state index in [1.54, 1.807) is 0 Å². The fraction of sp³-hybridized carbons (Fsp3) is 0.0182.